The van der Waals surface area contributed by atoms with E-state index in [2.05, 4.69) is 21.2 Å². The van der Waals surface area contributed by atoms with Crippen LogP contribution < -0.4 is 5.32 Å². The van der Waals surface area contributed by atoms with Crippen LogP contribution in [0.3, 0.4) is 0 Å². The molecule has 22 heavy (non-hydrogen) atoms. The number of carbonyl (C=O) groups is 2. The van der Waals surface area contributed by atoms with E-state index >= 15 is 0 Å². The maximum absolute atomic E-state index is 12.0. The van der Waals surface area contributed by atoms with Gasteiger partial charge in [-0.3, -0.25) is 4.79 Å². The van der Waals surface area contributed by atoms with E-state index in [4.69, 9.17) is 9.15 Å². The number of carbonyl (C=O) groups excluding carboxylic acids is 2. The Hall–Kier alpha value is -2.08. The molecule has 0 spiro atoms. The number of furan rings is 1. The summed E-state index contributed by atoms with van der Waals surface area (Å²) in [6.07, 6.45) is 1.79. The number of esters is 1. The van der Waals surface area contributed by atoms with Gasteiger partial charge in [-0.1, -0.05) is 19.4 Å². The highest BCUT2D eigenvalue weighted by Gasteiger charge is 2.12. The molecule has 1 amide bonds. The lowest BCUT2D eigenvalue weighted by Crippen LogP contribution is -2.12. The Morgan fingerprint density at radius 1 is 1.27 bits per heavy atom. The van der Waals surface area contributed by atoms with Crippen LogP contribution in [-0.2, 0) is 4.74 Å². The molecule has 0 atom stereocenters. The molecule has 6 heteroatoms. The van der Waals surface area contributed by atoms with Crippen LogP contribution in [0.1, 0.15) is 40.7 Å². The van der Waals surface area contributed by atoms with E-state index in [1.165, 1.54) is 0 Å². The van der Waals surface area contributed by atoms with Gasteiger partial charge in [0.05, 0.1) is 12.2 Å². The van der Waals surface area contributed by atoms with Gasteiger partial charge in [0, 0.05) is 5.69 Å². The fourth-order valence-corrected chi connectivity index (χ4v) is 2.05. The molecule has 2 rings (SSSR count). The normalized spacial score (nSPS) is 10.3. The van der Waals surface area contributed by atoms with E-state index in [-0.39, 0.29) is 11.7 Å². The largest absolute Gasteiger partial charge is 0.462 e. The second-order valence-corrected chi connectivity index (χ2v) is 5.41. The van der Waals surface area contributed by atoms with Gasteiger partial charge in [-0.2, -0.15) is 0 Å². The van der Waals surface area contributed by atoms with E-state index in [9.17, 15) is 9.59 Å². The maximum Gasteiger partial charge on any atom is 0.338 e. The standard InChI is InChI=1S/C16H16BrNO4/c1-2-3-9-21-16(20)11-5-4-6-12(10-11)18-15(19)13-7-8-14(17)22-13/h4-8,10H,2-3,9H2,1H3,(H,18,19). The quantitative estimate of drug-likeness (QED) is 0.613. The Balaban J connectivity index is 2.02. The van der Waals surface area contributed by atoms with Gasteiger partial charge in [-0.05, 0) is 52.7 Å². The number of halogens is 1. The van der Waals surface area contributed by atoms with Crippen molar-refractivity contribution in [2.45, 2.75) is 19.8 Å². The number of nitrogens with one attached hydrogen (secondary N) is 1. The minimum atomic E-state index is -0.398. The Bertz CT molecular complexity index is 666. The molecule has 116 valence electrons. The van der Waals surface area contributed by atoms with Crippen molar-refractivity contribution in [3.8, 4) is 0 Å². The predicted molar refractivity (Wildman–Crippen MR) is 86.0 cm³/mol. The molecule has 1 N–H and O–H groups in total. The van der Waals surface area contributed by atoms with Crippen LogP contribution in [0.15, 0.2) is 45.5 Å². The lowest BCUT2D eigenvalue weighted by atomic mass is 10.2. The number of hydrogen-bond donors (Lipinski definition) is 1. The van der Waals surface area contributed by atoms with Gasteiger partial charge in [0.15, 0.2) is 10.4 Å². The highest BCUT2D eigenvalue weighted by molar-refractivity contribution is 9.10. The first-order valence-electron chi connectivity index (χ1n) is 6.94. The summed E-state index contributed by atoms with van der Waals surface area (Å²) in [7, 11) is 0. The summed E-state index contributed by atoms with van der Waals surface area (Å²) < 4.78 is 10.8. The molecule has 0 bridgehead atoms. The number of anilines is 1. The summed E-state index contributed by atoms with van der Waals surface area (Å²) in [5.41, 5.74) is 0.900. The predicted octanol–water partition coefficient (Wildman–Crippen LogP) is 4.25. The van der Waals surface area contributed by atoms with E-state index in [1.54, 1.807) is 36.4 Å². The van der Waals surface area contributed by atoms with Crippen LogP contribution in [-0.4, -0.2) is 18.5 Å². The van der Waals surface area contributed by atoms with Crippen molar-refractivity contribution in [2.75, 3.05) is 11.9 Å². The van der Waals surface area contributed by atoms with Crippen molar-refractivity contribution >= 4 is 33.5 Å². The third kappa shape index (κ3) is 4.46. The van der Waals surface area contributed by atoms with Crippen molar-refractivity contribution in [3.63, 3.8) is 0 Å². The van der Waals surface area contributed by atoms with E-state index in [0.717, 1.165) is 12.8 Å². The van der Waals surface area contributed by atoms with E-state index in [1.807, 2.05) is 6.92 Å². The molecule has 0 fully saturated rings. The Morgan fingerprint density at radius 3 is 2.77 bits per heavy atom. The Labute approximate surface area is 136 Å². The molecule has 1 aromatic carbocycles. The zero-order chi connectivity index (χ0) is 15.9. The van der Waals surface area contributed by atoms with Crippen molar-refractivity contribution in [1.82, 2.24) is 0 Å². The smallest absolute Gasteiger partial charge is 0.338 e. The molecule has 0 saturated heterocycles. The molecule has 0 saturated carbocycles. The maximum atomic E-state index is 12.0. The summed E-state index contributed by atoms with van der Waals surface area (Å²) >= 11 is 3.14. The topological polar surface area (TPSA) is 68.5 Å². The van der Waals surface area contributed by atoms with Crippen molar-refractivity contribution in [2.24, 2.45) is 0 Å². The Morgan fingerprint density at radius 2 is 2.09 bits per heavy atom. The zero-order valence-electron chi connectivity index (χ0n) is 12.1. The molecule has 0 aliphatic rings. The summed E-state index contributed by atoms with van der Waals surface area (Å²) in [6.45, 7) is 2.42. The van der Waals surface area contributed by atoms with E-state index < -0.39 is 5.97 Å². The zero-order valence-corrected chi connectivity index (χ0v) is 13.7. The lowest BCUT2D eigenvalue weighted by Gasteiger charge is -2.07. The second kappa shape index (κ2) is 7.79. The average molecular weight is 366 g/mol. The fraction of sp³-hybridized carbons (Fsp3) is 0.250. The summed E-state index contributed by atoms with van der Waals surface area (Å²) in [5.74, 6) is -0.602. The summed E-state index contributed by atoms with van der Waals surface area (Å²) in [4.78, 5) is 23.8. The van der Waals surface area contributed by atoms with Crippen molar-refractivity contribution < 1.29 is 18.7 Å². The van der Waals surface area contributed by atoms with Crippen LogP contribution in [0.5, 0.6) is 0 Å². The van der Waals surface area contributed by atoms with Gasteiger partial charge < -0.3 is 14.5 Å². The highest BCUT2D eigenvalue weighted by atomic mass is 79.9. The molecular formula is C16H16BrNO4. The third-order valence-electron chi connectivity index (χ3n) is 2.88. The number of unbranched alkanes of at least 4 members (excludes halogenated alkanes) is 1. The fourth-order valence-electron chi connectivity index (χ4n) is 1.75. The lowest BCUT2D eigenvalue weighted by molar-refractivity contribution is 0.0499. The van der Waals surface area contributed by atoms with Crippen LogP contribution >= 0.6 is 15.9 Å². The third-order valence-corrected chi connectivity index (χ3v) is 3.31. The van der Waals surface area contributed by atoms with Gasteiger partial charge in [0.25, 0.3) is 5.91 Å². The van der Waals surface area contributed by atoms with Crippen molar-refractivity contribution in [1.29, 1.82) is 0 Å². The molecular weight excluding hydrogens is 350 g/mol. The highest BCUT2D eigenvalue weighted by Crippen LogP contribution is 2.17. The van der Waals surface area contributed by atoms with Crippen LogP contribution in [0.2, 0.25) is 0 Å². The molecule has 0 radical (unpaired) electrons. The van der Waals surface area contributed by atoms with E-state index in [0.29, 0.717) is 22.5 Å². The summed E-state index contributed by atoms with van der Waals surface area (Å²) in [6, 6.07) is 9.79. The van der Waals surface area contributed by atoms with Gasteiger partial charge in [-0.15, -0.1) is 0 Å². The summed E-state index contributed by atoms with van der Waals surface area (Å²) in [5, 5.41) is 2.67. The monoisotopic (exact) mass is 365 g/mol. The first kappa shape index (κ1) is 16.3. The number of amides is 1. The first-order valence-corrected chi connectivity index (χ1v) is 7.73. The van der Waals surface area contributed by atoms with Gasteiger partial charge in [-0.25, -0.2) is 4.79 Å². The number of benzene rings is 1. The van der Waals surface area contributed by atoms with Crippen LogP contribution in [0.25, 0.3) is 0 Å². The molecule has 1 heterocycles. The average Bonchev–Trinajstić information content (AvgIpc) is 2.94. The number of rotatable bonds is 6. The number of hydrogen-bond acceptors (Lipinski definition) is 4. The second-order valence-electron chi connectivity index (χ2n) is 4.63. The van der Waals surface area contributed by atoms with Gasteiger partial charge in [0.2, 0.25) is 0 Å². The SMILES string of the molecule is CCCCOC(=O)c1cccc(NC(=O)c2ccc(Br)o2)c1. The first-order chi connectivity index (χ1) is 10.6. The molecule has 1 aromatic heterocycles. The minimum absolute atomic E-state index is 0.183. The Kier molecular flexibility index (Phi) is 5.77. The molecule has 0 aliphatic heterocycles. The van der Waals surface area contributed by atoms with Crippen molar-refractivity contribution in [3.05, 3.63) is 52.4 Å². The molecule has 2 aromatic rings. The van der Waals surface area contributed by atoms with Crippen LogP contribution in [0, 0.1) is 0 Å². The molecule has 0 aliphatic carbocycles. The molecule has 0 unspecified atom stereocenters. The number of ether oxygens (including phenoxy) is 1. The van der Waals surface area contributed by atoms with Gasteiger partial charge >= 0.3 is 5.97 Å². The molecule has 5 nitrogen and oxygen atoms in total. The van der Waals surface area contributed by atoms with Gasteiger partial charge in [0.1, 0.15) is 0 Å². The van der Waals surface area contributed by atoms with Crippen LogP contribution in [0.4, 0.5) is 5.69 Å². The minimum Gasteiger partial charge on any atom is -0.462 e.